The summed E-state index contributed by atoms with van der Waals surface area (Å²) in [4.78, 5) is 34.0. The van der Waals surface area contributed by atoms with Gasteiger partial charge in [-0.05, 0) is 39.8 Å². The molecule has 0 spiro atoms. The van der Waals surface area contributed by atoms with Crippen molar-refractivity contribution < 1.29 is 23.5 Å². The molecule has 1 aliphatic rings. The van der Waals surface area contributed by atoms with Gasteiger partial charge in [0.1, 0.15) is 11.1 Å². The fourth-order valence-corrected chi connectivity index (χ4v) is 4.80. The van der Waals surface area contributed by atoms with Gasteiger partial charge < -0.3 is 29.0 Å². The van der Waals surface area contributed by atoms with Crippen molar-refractivity contribution in [3.63, 3.8) is 0 Å². The van der Waals surface area contributed by atoms with Crippen LogP contribution in [0.2, 0.25) is 0 Å². The molecule has 0 bridgehead atoms. The maximum Gasteiger partial charge on any atom is 0.410 e. The van der Waals surface area contributed by atoms with E-state index in [1.165, 1.54) is 6.07 Å². The molecular formula is C28H34FN7O4. The van der Waals surface area contributed by atoms with E-state index in [2.05, 4.69) is 15.2 Å². The van der Waals surface area contributed by atoms with Gasteiger partial charge in [-0.1, -0.05) is 0 Å². The van der Waals surface area contributed by atoms with Crippen LogP contribution < -0.4 is 10.2 Å². The fourth-order valence-electron chi connectivity index (χ4n) is 4.80. The summed E-state index contributed by atoms with van der Waals surface area (Å²) in [6, 6.07) is 4.88. The largest absolute Gasteiger partial charge is 0.444 e. The third kappa shape index (κ3) is 5.71. The van der Waals surface area contributed by atoms with E-state index >= 15 is 0 Å². The first kappa shape index (κ1) is 27.4. The van der Waals surface area contributed by atoms with Crippen LogP contribution in [0.3, 0.4) is 0 Å². The number of amides is 2. The Hall–Kier alpha value is -4.19. The van der Waals surface area contributed by atoms with Gasteiger partial charge in [0.2, 0.25) is 0 Å². The van der Waals surface area contributed by atoms with Gasteiger partial charge in [0.15, 0.2) is 11.5 Å². The lowest BCUT2D eigenvalue weighted by Crippen LogP contribution is -2.50. The van der Waals surface area contributed by atoms with Gasteiger partial charge in [0.25, 0.3) is 5.91 Å². The number of methoxy groups -OCH3 is 1. The maximum absolute atomic E-state index is 14.6. The van der Waals surface area contributed by atoms with E-state index in [9.17, 15) is 14.0 Å². The number of anilines is 2. The number of fused-ring (bicyclic) bond motifs is 2. The molecule has 0 saturated carbocycles. The average molecular weight is 552 g/mol. The van der Waals surface area contributed by atoms with Crippen LogP contribution in [0.15, 0.2) is 36.8 Å². The number of benzene rings is 1. The number of rotatable bonds is 6. The number of carbonyl (C=O) groups excluding carboxylic acids is 2. The van der Waals surface area contributed by atoms with Crippen LogP contribution in [0.5, 0.6) is 0 Å². The van der Waals surface area contributed by atoms with Crippen LogP contribution >= 0.6 is 0 Å². The second-order valence-electron chi connectivity index (χ2n) is 10.9. The summed E-state index contributed by atoms with van der Waals surface area (Å²) < 4.78 is 28.7. The zero-order valence-electron chi connectivity index (χ0n) is 23.4. The third-order valence-corrected chi connectivity index (χ3v) is 6.63. The Kier molecular flexibility index (Phi) is 7.37. The molecule has 12 heteroatoms. The van der Waals surface area contributed by atoms with Crippen LogP contribution in [0.1, 0.15) is 36.8 Å². The quantitative estimate of drug-likeness (QED) is 0.385. The Morgan fingerprint density at radius 3 is 2.55 bits per heavy atom. The number of nitrogens with zero attached hydrogens (tertiary/aromatic N) is 6. The number of aryl methyl sites for hydroxylation is 1. The second-order valence-corrected chi connectivity index (χ2v) is 10.9. The van der Waals surface area contributed by atoms with Crippen molar-refractivity contribution in [3.8, 4) is 0 Å². The first-order valence-electron chi connectivity index (χ1n) is 13.2. The van der Waals surface area contributed by atoms with E-state index < -0.39 is 17.3 Å². The number of piperazine rings is 1. The van der Waals surface area contributed by atoms with E-state index in [-0.39, 0.29) is 11.7 Å². The first-order valence-corrected chi connectivity index (χ1v) is 13.2. The SMILES string of the molecule is COCCn1cc2c(N3CCN(C(=O)OC(C)(C)C)CC3)ccc(C(=O)Nc3cc(F)c4nc(C)cn4c3)c2n1. The summed E-state index contributed by atoms with van der Waals surface area (Å²) in [5.74, 6) is -0.931. The summed E-state index contributed by atoms with van der Waals surface area (Å²) in [6.45, 7) is 10.5. The van der Waals surface area contributed by atoms with Crippen LogP contribution in [-0.4, -0.2) is 81.6 Å². The van der Waals surface area contributed by atoms with Crippen molar-refractivity contribution in [3.05, 3.63) is 53.9 Å². The highest BCUT2D eigenvalue weighted by Crippen LogP contribution is 2.31. The van der Waals surface area contributed by atoms with Crippen molar-refractivity contribution in [1.29, 1.82) is 0 Å². The van der Waals surface area contributed by atoms with Crippen molar-refractivity contribution in [2.75, 3.05) is 50.1 Å². The molecule has 3 aromatic heterocycles. The topological polar surface area (TPSA) is 106 Å². The lowest BCUT2D eigenvalue weighted by atomic mass is 10.1. The van der Waals surface area contributed by atoms with Gasteiger partial charge in [-0.3, -0.25) is 9.48 Å². The van der Waals surface area contributed by atoms with E-state index in [1.54, 1.807) is 46.5 Å². The Labute approximate surface area is 231 Å². The molecule has 0 unspecified atom stereocenters. The normalized spacial score (nSPS) is 14.2. The zero-order valence-corrected chi connectivity index (χ0v) is 23.4. The van der Waals surface area contributed by atoms with E-state index in [0.717, 1.165) is 11.1 Å². The first-order chi connectivity index (χ1) is 19.0. The molecular weight excluding hydrogens is 517 g/mol. The smallest absolute Gasteiger partial charge is 0.410 e. The minimum atomic E-state index is -0.553. The van der Waals surface area contributed by atoms with Crippen LogP contribution in [-0.2, 0) is 16.0 Å². The molecule has 1 aromatic carbocycles. The number of halogens is 1. The molecule has 2 amide bonds. The van der Waals surface area contributed by atoms with Gasteiger partial charge in [-0.15, -0.1) is 0 Å². The summed E-state index contributed by atoms with van der Waals surface area (Å²) in [6.07, 6.45) is 4.91. The van der Waals surface area contributed by atoms with E-state index in [0.29, 0.717) is 61.8 Å². The van der Waals surface area contributed by atoms with E-state index in [4.69, 9.17) is 14.6 Å². The van der Waals surface area contributed by atoms with Crippen LogP contribution in [0.25, 0.3) is 16.6 Å². The molecule has 1 fully saturated rings. The highest BCUT2D eigenvalue weighted by Gasteiger charge is 2.27. The average Bonchev–Trinajstić information content (AvgIpc) is 3.49. The standard InChI is InChI=1S/C28H34FN7O4/c1-18-15-35-16-19(14-22(29)25(35)30-18)31-26(37)20-6-7-23(21-17-36(12-13-39-5)32-24(20)21)33-8-10-34(11-9-33)27(38)40-28(2,3)4/h6-7,14-17H,8-13H2,1-5H3,(H,31,37). The monoisotopic (exact) mass is 551 g/mol. The third-order valence-electron chi connectivity index (χ3n) is 6.63. The number of pyridine rings is 1. The van der Waals surface area contributed by atoms with Crippen LogP contribution in [0, 0.1) is 12.7 Å². The Bertz CT molecular complexity index is 1560. The number of aromatic nitrogens is 4. The molecule has 5 rings (SSSR count). The molecule has 40 heavy (non-hydrogen) atoms. The molecule has 212 valence electrons. The predicted octanol–water partition coefficient (Wildman–Crippen LogP) is 4.09. The molecule has 4 aromatic rings. The summed E-state index contributed by atoms with van der Waals surface area (Å²) in [7, 11) is 1.62. The number of imidazole rings is 1. The molecule has 0 aliphatic carbocycles. The van der Waals surface area contributed by atoms with Crippen molar-refractivity contribution >= 4 is 39.9 Å². The zero-order chi connectivity index (χ0) is 28.6. The molecule has 1 aliphatic heterocycles. The lowest BCUT2D eigenvalue weighted by Gasteiger charge is -2.37. The number of carbonyl (C=O) groups is 2. The predicted molar refractivity (Wildman–Crippen MR) is 149 cm³/mol. The van der Waals surface area contributed by atoms with Crippen LogP contribution in [0.4, 0.5) is 20.6 Å². The summed E-state index contributed by atoms with van der Waals surface area (Å²) >= 11 is 0. The number of hydrogen-bond donors (Lipinski definition) is 1. The number of hydrogen-bond acceptors (Lipinski definition) is 7. The van der Waals surface area contributed by atoms with Crippen molar-refractivity contribution in [2.24, 2.45) is 0 Å². The molecule has 11 nitrogen and oxygen atoms in total. The van der Waals surface area contributed by atoms with Crippen molar-refractivity contribution in [1.82, 2.24) is 24.1 Å². The molecule has 1 N–H and O–H groups in total. The Balaban J connectivity index is 1.41. The minimum absolute atomic E-state index is 0.200. The van der Waals surface area contributed by atoms with Gasteiger partial charge >= 0.3 is 6.09 Å². The fraction of sp³-hybridized carbons (Fsp3) is 0.429. The maximum atomic E-state index is 14.6. The highest BCUT2D eigenvalue weighted by molar-refractivity contribution is 6.13. The highest BCUT2D eigenvalue weighted by atomic mass is 19.1. The Morgan fingerprint density at radius 1 is 1.10 bits per heavy atom. The van der Waals surface area contributed by atoms with Crippen molar-refractivity contribution in [2.45, 2.75) is 39.8 Å². The molecule has 0 atom stereocenters. The summed E-state index contributed by atoms with van der Waals surface area (Å²) in [5, 5.41) is 8.31. The Morgan fingerprint density at radius 2 is 1.85 bits per heavy atom. The second kappa shape index (κ2) is 10.8. The number of nitrogens with one attached hydrogen (secondary N) is 1. The van der Waals surface area contributed by atoms with Gasteiger partial charge in [-0.2, -0.15) is 5.10 Å². The lowest BCUT2D eigenvalue weighted by molar-refractivity contribution is 0.0240. The molecule has 4 heterocycles. The number of ether oxygens (including phenoxy) is 2. The van der Waals surface area contributed by atoms with E-state index in [1.807, 2.05) is 33.0 Å². The van der Waals surface area contributed by atoms with Gasteiger partial charge in [-0.25, -0.2) is 14.2 Å². The molecule has 0 radical (unpaired) electrons. The van der Waals surface area contributed by atoms with Gasteiger partial charge in [0.05, 0.1) is 30.1 Å². The summed E-state index contributed by atoms with van der Waals surface area (Å²) in [5.41, 5.74) is 2.44. The van der Waals surface area contributed by atoms with Gasteiger partial charge in [0, 0.05) is 69.0 Å². The molecule has 1 saturated heterocycles. The minimum Gasteiger partial charge on any atom is -0.444 e.